The molecule has 1 aliphatic rings. The molecular weight excluding hydrogens is 470 g/mol. The average molecular weight is 500 g/mol. The molecule has 4 aromatic heterocycles. The lowest BCUT2D eigenvalue weighted by molar-refractivity contribution is -0.148. The lowest BCUT2D eigenvalue weighted by Gasteiger charge is -2.31. The van der Waals surface area contributed by atoms with Gasteiger partial charge in [-0.1, -0.05) is 19.1 Å². The molecule has 0 aromatic carbocycles. The first-order valence-corrected chi connectivity index (χ1v) is 12.3. The Labute approximate surface area is 214 Å². The van der Waals surface area contributed by atoms with Gasteiger partial charge in [-0.25, -0.2) is 14.6 Å². The fourth-order valence-corrected chi connectivity index (χ4v) is 4.83. The summed E-state index contributed by atoms with van der Waals surface area (Å²) in [5.74, 6) is -0.132. The van der Waals surface area contributed by atoms with Gasteiger partial charge < -0.3 is 10.4 Å². The lowest BCUT2D eigenvalue weighted by Crippen LogP contribution is -2.33. The summed E-state index contributed by atoms with van der Waals surface area (Å²) in [5, 5.41) is 36.2. The summed E-state index contributed by atoms with van der Waals surface area (Å²) >= 11 is 0. The van der Waals surface area contributed by atoms with Gasteiger partial charge in [0.1, 0.15) is 11.8 Å². The Balaban J connectivity index is 1.42. The molecule has 11 heteroatoms. The largest absolute Gasteiger partial charge is 0.481 e. The molecule has 4 heterocycles. The van der Waals surface area contributed by atoms with Crippen LogP contribution in [0.2, 0.25) is 0 Å². The number of hydrogen-bond acceptors (Lipinski definition) is 8. The molecule has 0 spiro atoms. The number of aromatic nitrogens is 7. The fraction of sp³-hybridized carbons (Fsp3) is 0.423. The van der Waals surface area contributed by atoms with E-state index < -0.39 is 11.4 Å². The van der Waals surface area contributed by atoms with Gasteiger partial charge in [0, 0.05) is 23.7 Å². The fourth-order valence-electron chi connectivity index (χ4n) is 4.83. The first-order valence-electron chi connectivity index (χ1n) is 12.3. The molecule has 0 radical (unpaired) electrons. The van der Waals surface area contributed by atoms with Crippen LogP contribution >= 0.6 is 0 Å². The Kier molecular flexibility index (Phi) is 5.90. The summed E-state index contributed by atoms with van der Waals surface area (Å²) in [6.45, 7) is 8.15. The summed E-state index contributed by atoms with van der Waals surface area (Å²) in [6, 6.07) is 5.87. The van der Waals surface area contributed by atoms with E-state index in [4.69, 9.17) is 5.26 Å². The van der Waals surface area contributed by atoms with Crippen molar-refractivity contribution >= 4 is 22.7 Å². The van der Waals surface area contributed by atoms with Gasteiger partial charge in [-0.2, -0.15) is 15.0 Å². The number of hydrogen-bond donors (Lipinski definition) is 2. The zero-order valence-electron chi connectivity index (χ0n) is 21.3. The normalized spacial score (nSPS) is 14.6. The van der Waals surface area contributed by atoms with Crippen LogP contribution in [0, 0.1) is 22.2 Å². The van der Waals surface area contributed by atoms with E-state index in [9.17, 15) is 9.90 Å². The highest BCUT2D eigenvalue weighted by Crippen LogP contribution is 2.60. The maximum Gasteiger partial charge on any atom is 0.310 e. The van der Waals surface area contributed by atoms with Crippen LogP contribution < -0.4 is 5.32 Å². The second-order valence-corrected chi connectivity index (χ2v) is 10.6. The second kappa shape index (κ2) is 8.96. The number of anilines is 1. The monoisotopic (exact) mass is 499 g/mol. The number of nitriles is 1. The van der Waals surface area contributed by atoms with Crippen molar-refractivity contribution in [2.24, 2.45) is 10.8 Å². The molecule has 0 amide bonds. The number of rotatable bonds is 9. The van der Waals surface area contributed by atoms with Crippen LogP contribution in [0.3, 0.4) is 0 Å². The first kappa shape index (κ1) is 24.4. The maximum atomic E-state index is 11.8. The van der Waals surface area contributed by atoms with Gasteiger partial charge in [-0.15, -0.1) is 5.10 Å². The number of aryl methyl sites for hydroxylation is 1. The van der Waals surface area contributed by atoms with Gasteiger partial charge in [0.25, 0.3) is 0 Å². The molecule has 2 N–H and O–H groups in total. The van der Waals surface area contributed by atoms with Crippen LogP contribution in [0.25, 0.3) is 22.5 Å². The standard InChI is InChI=1S/C26H29N9O2/c1-16(2)31-20-10-22(35-23-18(13-30-35)9-17(11-27)12-29-23)28-14-21(20)34-15-19(32-33-34)5-6-25(3,4)26(7-8-26)24(36)37/h9-10,12-16H,5-8H2,1-4H3,(H,28,31)(H,36,37). The van der Waals surface area contributed by atoms with Crippen molar-refractivity contribution in [3.8, 4) is 17.6 Å². The Morgan fingerprint density at radius 1 is 1.24 bits per heavy atom. The van der Waals surface area contributed by atoms with E-state index >= 15 is 0 Å². The minimum Gasteiger partial charge on any atom is -0.481 e. The van der Waals surface area contributed by atoms with E-state index in [-0.39, 0.29) is 11.5 Å². The molecule has 0 bridgehead atoms. The number of carboxylic acids is 1. The maximum absolute atomic E-state index is 11.8. The molecule has 1 aliphatic carbocycles. The van der Waals surface area contributed by atoms with Crippen molar-refractivity contribution in [3.05, 3.63) is 48.2 Å². The van der Waals surface area contributed by atoms with Crippen molar-refractivity contribution in [1.82, 2.24) is 34.7 Å². The van der Waals surface area contributed by atoms with Crippen LogP contribution in [0.15, 0.2) is 36.9 Å². The molecule has 5 rings (SSSR count). The van der Waals surface area contributed by atoms with Crippen molar-refractivity contribution < 1.29 is 9.90 Å². The molecule has 190 valence electrons. The predicted molar refractivity (Wildman–Crippen MR) is 136 cm³/mol. The van der Waals surface area contributed by atoms with Crippen LogP contribution in [0.5, 0.6) is 0 Å². The van der Waals surface area contributed by atoms with Crippen molar-refractivity contribution in [2.45, 2.75) is 59.4 Å². The topological polar surface area (TPSA) is 147 Å². The first-order chi connectivity index (χ1) is 17.6. The zero-order valence-corrected chi connectivity index (χ0v) is 21.3. The third-order valence-electron chi connectivity index (χ3n) is 7.32. The Morgan fingerprint density at radius 3 is 2.70 bits per heavy atom. The quantitative estimate of drug-likeness (QED) is 0.350. The lowest BCUT2D eigenvalue weighted by atomic mass is 9.72. The molecule has 1 fully saturated rings. The van der Waals surface area contributed by atoms with Crippen molar-refractivity contribution in [1.29, 1.82) is 5.26 Å². The zero-order chi connectivity index (χ0) is 26.4. The van der Waals surface area contributed by atoms with Gasteiger partial charge in [0.15, 0.2) is 11.5 Å². The number of carbonyl (C=O) groups is 1. The van der Waals surface area contributed by atoms with Gasteiger partial charge in [-0.05, 0) is 51.0 Å². The third-order valence-corrected chi connectivity index (χ3v) is 7.32. The van der Waals surface area contributed by atoms with Crippen LogP contribution in [-0.4, -0.2) is 51.9 Å². The van der Waals surface area contributed by atoms with Gasteiger partial charge in [0.05, 0.1) is 41.0 Å². The highest BCUT2D eigenvalue weighted by molar-refractivity contribution is 5.79. The summed E-state index contributed by atoms with van der Waals surface area (Å²) in [4.78, 5) is 20.8. The van der Waals surface area contributed by atoms with E-state index in [1.807, 2.05) is 40.0 Å². The minimum absolute atomic E-state index is 0.147. The van der Waals surface area contributed by atoms with E-state index in [2.05, 4.69) is 36.8 Å². The van der Waals surface area contributed by atoms with E-state index in [1.165, 1.54) is 6.20 Å². The molecular formula is C26H29N9O2. The average Bonchev–Trinajstić information content (AvgIpc) is 3.40. The number of carboxylic acid groups (broad SMARTS) is 1. The number of fused-ring (bicyclic) bond motifs is 1. The van der Waals surface area contributed by atoms with E-state index in [0.29, 0.717) is 29.9 Å². The summed E-state index contributed by atoms with van der Waals surface area (Å²) in [6.07, 6.45) is 9.55. The summed E-state index contributed by atoms with van der Waals surface area (Å²) in [7, 11) is 0. The third kappa shape index (κ3) is 4.39. The molecule has 0 aliphatic heterocycles. The molecule has 0 atom stereocenters. The van der Waals surface area contributed by atoms with E-state index in [1.54, 1.807) is 27.8 Å². The number of pyridine rings is 2. The molecule has 4 aromatic rings. The highest BCUT2D eigenvalue weighted by atomic mass is 16.4. The van der Waals surface area contributed by atoms with Crippen LogP contribution in [0.1, 0.15) is 58.2 Å². The smallest absolute Gasteiger partial charge is 0.310 e. The highest BCUT2D eigenvalue weighted by Gasteiger charge is 2.59. The van der Waals surface area contributed by atoms with Crippen molar-refractivity contribution in [2.75, 3.05) is 5.32 Å². The number of nitrogens with one attached hydrogen (secondary N) is 1. The summed E-state index contributed by atoms with van der Waals surface area (Å²) in [5.41, 5.74) is 2.45. The summed E-state index contributed by atoms with van der Waals surface area (Å²) < 4.78 is 3.32. The Hall–Kier alpha value is -4.33. The molecule has 11 nitrogen and oxygen atoms in total. The van der Waals surface area contributed by atoms with Gasteiger partial charge in [0.2, 0.25) is 0 Å². The Bertz CT molecular complexity index is 1520. The van der Waals surface area contributed by atoms with Crippen molar-refractivity contribution in [3.63, 3.8) is 0 Å². The SMILES string of the molecule is CC(C)Nc1cc(-n2ncc3cc(C#N)cnc32)ncc1-n1cc(CCC(C)(C)C2(C(=O)O)CC2)nn1. The van der Waals surface area contributed by atoms with Gasteiger partial charge >= 0.3 is 5.97 Å². The van der Waals surface area contributed by atoms with Gasteiger partial charge in [-0.3, -0.25) is 4.79 Å². The number of aliphatic carboxylic acids is 1. The minimum atomic E-state index is -0.706. The predicted octanol–water partition coefficient (Wildman–Crippen LogP) is 3.91. The van der Waals surface area contributed by atoms with Crippen LogP contribution in [-0.2, 0) is 11.2 Å². The molecule has 0 unspecified atom stereocenters. The van der Waals surface area contributed by atoms with Crippen LogP contribution in [0.4, 0.5) is 5.69 Å². The molecule has 1 saturated carbocycles. The Morgan fingerprint density at radius 2 is 2.03 bits per heavy atom. The molecule has 0 saturated heterocycles. The van der Waals surface area contributed by atoms with E-state index in [0.717, 1.165) is 35.3 Å². The molecule has 37 heavy (non-hydrogen) atoms. The number of nitrogens with zero attached hydrogens (tertiary/aromatic N) is 8. The second-order valence-electron chi connectivity index (χ2n) is 10.6.